The van der Waals surface area contributed by atoms with Crippen LogP contribution in [0.4, 0.5) is 8.78 Å². The summed E-state index contributed by atoms with van der Waals surface area (Å²) in [5.41, 5.74) is 0.400. The molecule has 4 heteroatoms. The molecule has 0 spiro atoms. The molecule has 0 aliphatic heterocycles. The SMILES string of the molecule is CNC(Cc1cc(F)ccc1F)C(OC)C1CC1. The van der Waals surface area contributed by atoms with Gasteiger partial charge in [-0.05, 0) is 56.0 Å². The number of methoxy groups -OCH3 is 1. The van der Waals surface area contributed by atoms with Gasteiger partial charge in [-0.3, -0.25) is 0 Å². The van der Waals surface area contributed by atoms with Crippen LogP contribution in [0.1, 0.15) is 18.4 Å². The first kappa shape index (κ1) is 13.4. The van der Waals surface area contributed by atoms with Crippen LogP contribution in [0.25, 0.3) is 0 Å². The smallest absolute Gasteiger partial charge is 0.126 e. The summed E-state index contributed by atoms with van der Waals surface area (Å²) in [4.78, 5) is 0. The highest BCUT2D eigenvalue weighted by Gasteiger charge is 2.36. The fourth-order valence-corrected chi connectivity index (χ4v) is 2.43. The van der Waals surface area contributed by atoms with Crippen molar-refractivity contribution in [2.75, 3.05) is 14.2 Å². The van der Waals surface area contributed by atoms with Gasteiger partial charge < -0.3 is 10.1 Å². The maximum atomic E-state index is 13.6. The number of likely N-dealkylation sites (N-methyl/N-ethyl adjacent to an activating group) is 1. The summed E-state index contributed by atoms with van der Waals surface area (Å²) in [6, 6.07) is 3.59. The molecule has 0 radical (unpaired) electrons. The predicted octanol–water partition coefficient (Wildman–Crippen LogP) is 2.52. The van der Waals surface area contributed by atoms with Crippen molar-refractivity contribution in [3.8, 4) is 0 Å². The molecule has 1 aliphatic carbocycles. The summed E-state index contributed by atoms with van der Waals surface area (Å²) in [5, 5.41) is 3.16. The molecule has 1 fully saturated rings. The number of nitrogens with one attached hydrogen (secondary N) is 1. The van der Waals surface area contributed by atoms with Crippen molar-refractivity contribution in [1.82, 2.24) is 5.32 Å². The Morgan fingerprint density at radius 1 is 1.39 bits per heavy atom. The molecule has 2 atom stereocenters. The Labute approximate surface area is 106 Å². The number of halogens is 2. The summed E-state index contributed by atoms with van der Waals surface area (Å²) in [5.74, 6) is -0.215. The highest BCUT2D eigenvalue weighted by Crippen LogP contribution is 2.36. The van der Waals surface area contributed by atoms with Crippen LogP contribution in [-0.2, 0) is 11.2 Å². The largest absolute Gasteiger partial charge is 0.380 e. The van der Waals surface area contributed by atoms with Crippen LogP contribution in [0.2, 0.25) is 0 Å². The molecular formula is C14H19F2NO. The van der Waals surface area contributed by atoms with E-state index in [-0.39, 0.29) is 18.0 Å². The quantitative estimate of drug-likeness (QED) is 0.843. The number of hydrogen-bond donors (Lipinski definition) is 1. The Hall–Kier alpha value is -1.00. The van der Waals surface area contributed by atoms with Crippen molar-refractivity contribution < 1.29 is 13.5 Å². The van der Waals surface area contributed by atoms with E-state index in [4.69, 9.17) is 4.74 Å². The molecule has 0 heterocycles. The number of benzene rings is 1. The summed E-state index contributed by atoms with van der Waals surface area (Å²) < 4.78 is 32.2. The maximum Gasteiger partial charge on any atom is 0.126 e. The Bertz CT molecular complexity index is 407. The molecule has 0 aromatic heterocycles. The molecule has 100 valence electrons. The fourth-order valence-electron chi connectivity index (χ4n) is 2.43. The minimum absolute atomic E-state index is 0.0128. The molecule has 1 saturated carbocycles. The fraction of sp³-hybridized carbons (Fsp3) is 0.571. The second kappa shape index (κ2) is 5.76. The number of hydrogen-bond acceptors (Lipinski definition) is 2. The van der Waals surface area contributed by atoms with Gasteiger partial charge in [-0.1, -0.05) is 0 Å². The van der Waals surface area contributed by atoms with E-state index in [0.717, 1.165) is 18.9 Å². The van der Waals surface area contributed by atoms with Crippen molar-refractivity contribution in [1.29, 1.82) is 0 Å². The standard InChI is InChI=1S/C14H19F2NO/c1-17-13(14(18-2)9-3-4-9)8-10-7-11(15)5-6-12(10)16/h5-7,9,13-14,17H,3-4,8H2,1-2H3. The van der Waals surface area contributed by atoms with E-state index in [9.17, 15) is 8.78 Å². The zero-order valence-electron chi connectivity index (χ0n) is 10.7. The summed E-state index contributed by atoms with van der Waals surface area (Å²) in [6.45, 7) is 0. The van der Waals surface area contributed by atoms with Gasteiger partial charge in [-0.15, -0.1) is 0 Å². The van der Waals surface area contributed by atoms with Gasteiger partial charge in [0.05, 0.1) is 6.10 Å². The summed E-state index contributed by atoms with van der Waals surface area (Å²) in [6.07, 6.45) is 2.82. The van der Waals surface area contributed by atoms with Crippen LogP contribution in [0.15, 0.2) is 18.2 Å². The maximum absolute atomic E-state index is 13.6. The monoisotopic (exact) mass is 255 g/mol. The lowest BCUT2D eigenvalue weighted by molar-refractivity contribution is 0.0532. The van der Waals surface area contributed by atoms with E-state index in [1.165, 1.54) is 12.1 Å². The van der Waals surface area contributed by atoms with Gasteiger partial charge in [-0.2, -0.15) is 0 Å². The Kier molecular flexibility index (Phi) is 4.30. The van der Waals surface area contributed by atoms with E-state index in [0.29, 0.717) is 17.9 Å². The molecule has 1 aromatic carbocycles. The van der Waals surface area contributed by atoms with Crippen molar-refractivity contribution in [3.63, 3.8) is 0 Å². The lowest BCUT2D eigenvalue weighted by atomic mass is 9.98. The van der Waals surface area contributed by atoms with Crippen molar-refractivity contribution >= 4 is 0 Å². The second-order valence-corrected chi connectivity index (χ2v) is 4.87. The zero-order chi connectivity index (χ0) is 13.1. The van der Waals surface area contributed by atoms with E-state index < -0.39 is 5.82 Å². The third kappa shape index (κ3) is 3.06. The van der Waals surface area contributed by atoms with E-state index in [1.54, 1.807) is 7.11 Å². The molecule has 18 heavy (non-hydrogen) atoms. The van der Waals surface area contributed by atoms with Gasteiger partial charge in [0, 0.05) is 13.2 Å². The van der Waals surface area contributed by atoms with Crippen LogP contribution >= 0.6 is 0 Å². The zero-order valence-corrected chi connectivity index (χ0v) is 10.7. The average molecular weight is 255 g/mol. The minimum Gasteiger partial charge on any atom is -0.380 e. The molecule has 2 unspecified atom stereocenters. The Morgan fingerprint density at radius 2 is 2.11 bits per heavy atom. The van der Waals surface area contributed by atoms with E-state index >= 15 is 0 Å². The molecule has 2 nitrogen and oxygen atoms in total. The molecule has 1 aromatic rings. The molecule has 0 bridgehead atoms. The lowest BCUT2D eigenvalue weighted by Gasteiger charge is -2.26. The predicted molar refractivity (Wildman–Crippen MR) is 66.4 cm³/mol. The highest BCUT2D eigenvalue weighted by atomic mass is 19.1. The van der Waals surface area contributed by atoms with Gasteiger partial charge in [0.25, 0.3) is 0 Å². The first-order chi connectivity index (χ1) is 8.65. The van der Waals surface area contributed by atoms with Gasteiger partial charge >= 0.3 is 0 Å². The Balaban J connectivity index is 2.11. The van der Waals surface area contributed by atoms with Gasteiger partial charge in [0.2, 0.25) is 0 Å². The van der Waals surface area contributed by atoms with Crippen LogP contribution < -0.4 is 5.32 Å². The van der Waals surface area contributed by atoms with Crippen LogP contribution in [0, 0.1) is 17.6 Å². The van der Waals surface area contributed by atoms with Gasteiger partial charge in [-0.25, -0.2) is 8.78 Å². The van der Waals surface area contributed by atoms with Gasteiger partial charge in [0.15, 0.2) is 0 Å². The van der Waals surface area contributed by atoms with Crippen molar-refractivity contribution in [2.45, 2.75) is 31.4 Å². The average Bonchev–Trinajstić information content (AvgIpc) is 3.17. The van der Waals surface area contributed by atoms with E-state index in [1.807, 2.05) is 7.05 Å². The van der Waals surface area contributed by atoms with Crippen LogP contribution in [-0.4, -0.2) is 26.3 Å². The summed E-state index contributed by atoms with van der Waals surface area (Å²) in [7, 11) is 3.51. The van der Waals surface area contributed by atoms with Crippen LogP contribution in [0.5, 0.6) is 0 Å². The molecule has 1 aliphatic rings. The Morgan fingerprint density at radius 3 is 2.67 bits per heavy atom. The lowest BCUT2D eigenvalue weighted by Crippen LogP contribution is -2.42. The molecule has 2 rings (SSSR count). The molecule has 0 amide bonds. The third-order valence-corrected chi connectivity index (χ3v) is 3.57. The highest BCUT2D eigenvalue weighted by molar-refractivity contribution is 5.20. The van der Waals surface area contributed by atoms with Crippen LogP contribution in [0.3, 0.4) is 0 Å². The number of ether oxygens (including phenoxy) is 1. The van der Waals surface area contributed by atoms with Crippen molar-refractivity contribution in [2.24, 2.45) is 5.92 Å². The van der Waals surface area contributed by atoms with Crippen molar-refractivity contribution in [3.05, 3.63) is 35.4 Å². The second-order valence-electron chi connectivity index (χ2n) is 4.87. The van der Waals surface area contributed by atoms with Gasteiger partial charge in [0.1, 0.15) is 11.6 Å². The summed E-state index contributed by atoms with van der Waals surface area (Å²) >= 11 is 0. The first-order valence-electron chi connectivity index (χ1n) is 6.29. The van der Waals surface area contributed by atoms with E-state index in [2.05, 4.69) is 5.32 Å². The topological polar surface area (TPSA) is 21.3 Å². The molecule has 0 saturated heterocycles. The molecule has 1 N–H and O–H groups in total. The molecular weight excluding hydrogens is 236 g/mol. The number of rotatable bonds is 6. The first-order valence-corrected chi connectivity index (χ1v) is 6.29. The minimum atomic E-state index is -0.401. The third-order valence-electron chi connectivity index (χ3n) is 3.57. The normalized spacial score (nSPS) is 18.7.